The highest BCUT2D eigenvalue weighted by molar-refractivity contribution is 5.45. The maximum Gasteiger partial charge on any atom is 0.143 e. The van der Waals surface area contributed by atoms with Gasteiger partial charge in [-0.15, -0.1) is 0 Å². The first-order valence-corrected chi connectivity index (χ1v) is 6.31. The van der Waals surface area contributed by atoms with E-state index >= 15 is 0 Å². The van der Waals surface area contributed by atoms with E-state index in [9.17, 15) is 4.39 Å². The summed E-state index contributed by atoms with van der Waals surface area (Å²) in [5.74, 6) is -0.261. The third kappa shape index (κ3) is 2.94. The molecular formula is C13H20FN3. The number of hydrogen-bond acceptors (Lipinski definition) is 3. The van der Waals surface area contributed by atoms with Crippen LogP contribution in [0, 0.1) is 5.82 Å². The molecule has 0 amide bonds. The Morgan fingerprint density at radius 3 is 3.00 bits per heavy atom. The first-order chi connectivity index (χ1) is 8.20. The number of nitrogens with zero attached hydrogens (tertiary/aromatic N) is 2. The first-order valence-electron chi connectivity index (χ1n) is 6.31. The minimum absolute atomic E-state index is 0.261. The van der Waals surface area contributed by atoms with Crippen molar-refractivity contribution in [3.8, 4) is 0 Å². The minimum atomic E-state index is -0.261. The van der Waals surface area contributed by atoms with E-state index in [4.69, 9.17) is 0 Å². The molecule has 0 bridgehead atoms. The Bertz CT molecular complexity index is 369. The standard InChI is InChI=1S/C13H20FN3/c1-3-16-12-4-5-17(10(2)6-12)13-7-11(14)8-15-9-13/h7-10,12,16H,3-6H2,1-2H3. The number of anilines is 1. The van der Waals surface area contributed by atoms with E-state index in [1.54, 1.807) is 12.3 Å². The molecular weight excluding hydrogens is 217 g/mol. The predicted octanol–water partition coefficient (Wildman–Crippen LogP) is 2.19. The van der Waals surface area contributed by atoms with Crippen molar-refractivity contribution >= 4 is 5.69 Å². The Hall–Kier alpha value is -1.16. The summed E-state index contributed by atoms with van der Waals surface area (Å²) in [6.45, 7) is 6.30. The van der Waals surface area contributed by atoms with Gasteiger partial charge < -0.3 is 10.2 Å². The van der Waals surface area contributed by atoms with Gasteiger partial charge in [0, 0.05) is 24.7 Å². The van der Waals surface area contributed by atoms with Crippen LogP contribution in [0.15, 0.2) is 18.5 Å². The van der Waals surface area contributed by atoms with Gasteiger partial charge in [-0.25, -0.2) is 4.39 Å². The highest BCUT2D eigenvalue weighted by Crippen LogP contribution is 2.24. The van der Waals surface area contributed by atoms with Gasteiger partial charge in [0.05, 0.1) is 18.1 Å². The molecule has 0 aliphatic carbocycles. The zero-order valence-corrected chi connectivity index (χ0v) is 10.5. The van der Waals surface area contributed by atoms with Crippen molar-refractivity contribution in [1.29, 1.82) is 0 Å². The topological polar surface area (TPSA) is 28.2 Å². The van der Waals surface area contributed by atoms with Crippen molar-refractivity contribution in [1.82, 2.24) is 10.3 Å². The molecule has 2 heterocycles. The average molecular weight is 237 g/mol. The Morgan fingerprint density at radius 1 is 1.53 bits per heavy atom. The molecule has 1 aliphatic heterocycles. The summed E-state index contributed by atoms with van der Waals surface area (Å²) in [7, 11) is 0. The minimum Gasteiger partial charge on any atom is -0.367 e. The summed E-state index contributed by atoms with van der Waals surface area (Å²) in [5.41, 5.74) is 0.896. The second kappa shape index (κ2) is 5.45. The summed E-state index contributed by atoms with van der Waals surface area (Å²) in [6, 6.07) is 2.58. The summed E-state index contributed by atoms with van der Waals surface area (Å²) in [5, 5.41) is 3.48. The molecule has 2 rings (SSSR count). The average Bonchev–Trinajstić information content (AvgIpc) is 2.29. The van der Waals surface area contributed by atoms with Crippen molar-refractivity contribution in [3.05, 3.63) is 24.3 Å². The molecule has 1 saturated heterocycles. The Labute approximate surface area is 102 Å². The second-order valence-electron chi connectivity index (χ2n) is 4.68. The number of piperidine rings is 1. The maximum absolute atomic E-state index is 13.1. The van der Waals surface area contributed by atoms with Crippen LogP contribution in [0.25, 0.3) is 0 Å². The van der Waals surface area contributed by atoms with Gasteiger partial charge in [0.2, 0.25) is 0 Å². The molecule has 1 aromatic rings. The molecule has 1 N–H and O–H groups in total. The lowest BCUT2D eigenvalue weighted by atomic mass is 9.98. The monoisotopic (exact) mass is 237 g/mol. The highest BCUT2D eigenvalue weighted by atomic mass is 19.1. The maximum atomic E-state index is 13.1. The zero-order chi connectivity index (χ0) is 12.3. The van der Waals surface area contributed by atoms with Crippen LogP contribution >= 0.6 is 0 Å². The van der Waals surface area contributed by atoms with Crippen LogP contribution in [0.5, 0.6) is 0 Å². The highest BCUT2D eigenvalue weighted by Gasteiger charge is 2.25. The third-order valence-corrected chi connectivity index (χ3v) is 3.39. The SMILES string of the molecule is CCNC1CCN(c2cncc(F)c2)C(C)C1. The molecule has 2 unspecified atom stereocenters. The second-order valence-corrected chi connectivity index (χ2v) is 4.68. The number of halogens is 1. The van der Waals surface area contributed by atoms with Gasteiger partial charge in [0.1, 0.15) is 5.82 Å². The van der Waals surface area contributed by atoms with Gasteiger partial charge in [-0.05, 0) is 26.3 Å². The van der Waals surface area contributed by atoms with Crippen LogP contribution in [0.1, 0.15) is 26.7 Å². The third-order valence-electron chi connectivity index (χ3n) is 3.39. The van der Waals surface area contributed by atoms with Crippen LogP contribution in [0.4, 0.5) is 10.1 Å². The number of pyridine rings is 1. The Balaban J connectivity index is 2.04. The van der Waals surface area contributed by atoms with Gasteiger partial charge in [-0.2, -0.15) is 0 Å². The fourth-order valence-electron chi connectivity index (χ4n) is 2.59. The van der Waals surface area contributed by atoms with Crippen molar-refractivity contribution in [2.45, 2.75) is 38.8 Å². The van der Waals surface area contributed by atoms with E-state index in [1.165, 1.54) is 6.20 Å². The molecule has 0 saturated carbocycles. The van der Waals surface area contributed by atoms with E-state index < -0.39 is 0 Å². The van der Waals surface area contributed by atoms with E-state index in [0.29, 0.717) is 12.1 Å². The van der Waals surface area contributed by atoms with E-state index in [1.807, 2.05) is 0 Å². The first kappa shape index (κ1) is 12.3. The number of aromatic nitrogens is 1. The summed E-state index contributed by atoms with van der Waals surface area (Å²) < 4.78 is 13.1. The molecule has 17 heavy (non-hydrogen) atoms. The summed E-state index contributed by atoms with van der Waals surface area (Å²) in [6.07, 6.45) is 5.20. The van der Waals surface area contributed by atoms with Crippen LogP contribution < -0.4 is 10.2 Å². The summed E-state index contributed by atoms with van der Waals surface area (Å²) in [4.78, 5) is 6.16. The lowest BCUT2D eigenvalue weighted by molar-refractivity contribution is 0.373. The fraction of sp³-hybridized carbons (Fsp3) is 0.615. The van der Waals surface area contributed by atoms with E-state index in [-0.39, 0.29) is 5.82 Å². The number of hydrogen-bond donors (Lipinski definition) is 1. The molecule has 94 valence electrons. The van der Waals surface area contributed by atoms with Crippen LogP contribution in [-0.2, 0) is 0 Å². The lowest BCUT2D eigenvalue weighted by Crippen LogP contribution is -2.47. The molecule has 1 aliphatic rings. The number of rotatable bonds is 3. The molecule has 0 aromatic carbocycles. The number of nitrogens with one attached hydrogen (secondary N) is 1. The fourth-order valence-corrected chi connectivity index (χ4v) is 2.59. The normalized spacial score (nSPS) is 25.0. The smallest absolute Gasteiger partial charge is 0.143 e. The van der Waals surface area contributed by atoms with Gasteiger partial charge in [0.15, 0.2) is 0 Å². The predicted molar refractivity (Wildman–Crippen MR) is 67.7 cm³/mol. The van der Waals surface area contributed by atoms with Gasteiger partial charge >= 0.3 is 0 Å². The van der Waals surface area contributed by atoms with Gasteiger partial charge in [-0.3, -0.25) is 4.98 Å². The van der Waals surface area contributed by atoms with Crippen LogP contribution in [-0.4, -0.2) is 30.2 Å². The largest absolute Gasteiger partial charge is 0.367 e. The molecule has 0 spiro atoms. The van der Waals surface area contributed by atoms with Crippen molar-refractivity contribution < 1.29 is 4.39 Å². The molecule has 2 atom stereocenters. The van der Waals surface area contributed by atoms with Gasteiger partial charge in [0.25, 0.3) is 0 Å². The molecule has 0 radical (unpaired) electrons. The van der Waals surface area contributed by atoms with Crippen molar-refractivity contribution in [2.75, 3.05) is 18.0 Å². The van der Waals surface area contributed by atoms with Crippen LogP contribution in [0.3, 0.4) is 0 Å². The van der Waals surface area contributed by atoms with Crippen molar-refractivity contribution in [2.24, 2.45) is 0 Å². The Kier molecular flexibility index (Phi) is 3.94. The lowest BCUT2D eigenvalue weighted by Gasteiger charge is -2.39. The van der Waals surface area contributed by atoms with E-state index in [0.717, 1.165) is 31.6 Å². The van der Waals surface area contributed by atoms with Crippen molar-refractivity contribution in [3.63, 3.8) is 0 Å². The molecule has 1 fully saturated rings. The molecule has 4 heteroatoms. The Morgan fingerprint density at radius 2 is 2.35 bits per heavy atom. The molecule has 3 nitrogen and oxygen atoms in total. The van der Waals surface area contributed by atoms with Gasteiger partial charge in [-0.1, -0.05) is 6.92 Å². The van der Waals surface area contributed by atoms with E-state index in [2.05, 4.69) is 29.0 Å². The quantitative estimate of drug-likeness (QED) is 0.873. The van der Waals surface area contributed by atoms with Crippen LogP contribution in [0.2, 0.25) is 0 Å². The summed E-state index contributed by atoms with van der Waals surface area (Å²) >= 11 is 0. The zero-order valence-electron chi connectivity index (χ0n) is 10.5. The molecule has 1 aromatic heterocycles.